The van der Waals surface area contributed by atoms with E-state index in [9.17, 15) is 23.3 Å². The van der Waals surface area contributed by atoms with E-state index >= 15 is 0 Å². The Morgan fingerprint density at radius 3 is 2.48 bits per heavy atom. The number of rotatable bonds is 13. The van der Waals surface area contributed by atoms with Crippen LogP contribution in [0.5, 0.6) is 17.2 Å². The van der Waals surface area contributed by atoms with Gasteiger partial charge in [0.2, 0.25) is 0 Å². The molecule has 5 aromatic rings. The Hall–Kier alpha value is -5.52. The Kier molecular flexibility index (Phi) is 13.4. The number of ether oxygens (including phenoxy) is 3. The van der Waals surface area contributed by atoms with Crippen LogP contribution in [0.15, 0.2) is 95.7 Å². The molecule has 9 rings (SSSR count). The summed E-state index contributed by atoms with van der Waals surface area (Å²) < 4.78 is 48.2. The molecule has 2 aliphatic carbocycles. The van der Waals surface area contributed by atoms with Crippen LogP contribution in [0.3, 0.4) is 0 Å². The molecule has 2 N–H and O–H groups in total. The third-order valence-electron chi connectivity index (χ3n) is 13.5. The number of aromatic amines is 1. The lowest BCUT2D eigenvalue weighted by Crippen LogP contribution is -2.47. The summed E-state index contributed by atoms with van der Waals surface area (Å²) in [6.07, 6.45) is 9.39. The molecule has 0 bridgehead atoms. The predicted octanol–water partition coefficient (Wildman–Crippen LogP) is 8.84. The summed E-state index contributed by atoms with van der Waals surface area (Å²) in [7, 11) is -4.62. The Balaban J connectivity index is 0.930. The summed E-state index contributed by atoms with van der Waals surface area (Å²) in [6, 6.07) is 20.7. The van der Waals surface area contributed by atoms with Gasteiger partial charge in [0.25, 0.3) is 15.9 Å². The second-order valence-corrected chi connectivity index (χ2v) is 20.7. The van der Waals surface area contributed by atoms with E-state index in [4.69, 9.17) is 25.8 Å². The van der Waals surface area contributed by atoms with Gasteiger partial charge >= 0.3 is 5.69 Å². The summed E-state index contributed by atoms with van der Waals surface area (Å²) in [5, 5.41) is 13.8. The molecule has 1 saturated carbocycles. The van der Waals surface area contributed by atoms with Gasteiger partial charge < -0.3 is 24.1 Å². The number of amides is 1. The summed E-state index contributed by atoms with van der Waals surface area (Å²) in [5.41, 5.74) is 4.99. The topological polar surface area (TPSA) is 172 Å². The number of nitrogens with zero attached hydrogens (tertiary/aromatic N) is 5. The fourth-order valence-electron chi connectivity index (χ4n) is 9.83. The number of carbonyl (C=O) groups excluding carboxylic acids is 1. The molecule has 3 fully saturated rings. The van der Waals surface area contributed by atoms with Gasteiger partial charge in [0.1, 0.15) is 11.4 Å². The molecular weight excluding hydrogens is 882 g/mol. The SMILES string of the molecule is CC1(C)CCC(CN2CCN(c3cccc(C(=O)NS(=O)(=O)c4ccc(OC5CCC(N6CCOCC6)CC5)c([N+](=O)[O-])c4)c3Oc3cnc4[nH]ccc4c3)CC2)=C(c2ccc(Cl)cc2)C1. The van der Waals surface area contributed by atoms with Crippen LogP contribution < -0.4 is 19.1 Å². The van der Waals surface area contributed by atoms with Crippen molar-refractivity contribution in [1.29, 1.82) is 0 Å². The van der Waals surface area contributed by atoms with Crippen LogP contribution >= 0.6 is 11.6 Å². The minimum absolute atomic E-state index is 0.0157. The maximum Gasteiger partial charge on any atom is 0.312 e. The van der Waals surface area contributed by atoms with Crippen LogP contribution in [-0.2, 0) is 14.8 Å². The van der Waals surface area contributed by atoms with Gasteiger partial charge in [0.15, 0.2) is 11.5 Å². The van der Waals surface area contributed by atoms with Crippen molar-refractivity contribution in [3.05, 3.63) is 117 Å². The van der Waals surface area contributed by atoms with Crippen molar-refractivity contribution < 1.29 is 32.3 Å². The van der Waals surface area contributed by atoms with Crippen molar-refractivity contribution in [3.8, 4) is 17.2 Å². The zero-order chi connectivity index (χ0) is 46.0. The van der Waals surface area contributed by atoms with E-state index in [-0.39, 0.29) is 28.6 Å². The van der Waals surface area contributed by atoms with Gasteiger partial charge in [-0.15, -0.1) is 0 Å². The quantitative estimate of drug-likeness (QED) is 0.0850. The van der Waals surface area contributed by atoms with E-state index in [1.807, 2.05) is 24.3 Å². The van der Waals surface area contributed by atoms with Crippen LogP contribution in [0, 0.1) is 15.5 Å². The van der Waals surface area contributed by atoms with Gasteiger partial charge in [-0.05, 0) is 110 Å². The third-order valence-corrected chi connectivity index (χ3v) is 15.1. The van der Waals surface area contributed by atoms with Gasteiger partial charge in [-0.2, -0.15) is 0 Å². The van der Waals surface area contributed by atoms with Crippen LogP contribution in [-0.4, -0.2) is 110 Å². The Bertz CT molecular complexity index is 2720. The standard InChI is InChI=1S/C49H56ClN7O8S/c1-49(2)18-16-35(42(30-49)33-6-8-36(50)9-7-33)32-54-20-22-56(23-21-54)43-5-3-4-41(46(43)65-39-28-34-17-19-51-47(34)52-31-39)48(58)53-66(61,62)40-14-15-45(44(29-40)57(59)60)64-38-12-10-37(11-13-38)55-24-26-63-27-25-55/h3-9,14-15,17,19,28-29,31,37-38H,10-13,16,18,20-27,30,32H2,1-2H3,(H,51,52)(H,53,58). The van der Waals surface area contributed by atoms with Crippen molar-refractivity contribution >= 4 is 55.5 Å². The van der Waals surface area contributed by atoms with Crippen LogP contribution in [0.4, 0.5) is 11.4 Å². The van der Waals surface area contributed by atoms with Crippen molar-refractivity contribution in [2.24, 2.45) is 5.41 Å². The highest BCUT2D eigenvalue weighted by atomic mass is 35.5. The first-order valence-corrected chi connectivity index (χ1v) is 24.7. The number of benzene rings is 3. The molecule has 0 spiro atoms. The molecule has 15 nitrogen and oxygen atoms in total. The van der Waals surface area contributed by atoms with E-state index in [0.29, 0.717) is 62.3 Å². The number of halogens is 1. The molecule has 1 amide bonds. The number of piperazine rings is 1. The maximum absolute atomic E-state index is 14.2. The number of nitro benzene ring substituents is 1. The number of carbonyl (C=O) groups is 1. The van der Waals surface area contributed by atoms with E-state index in [2.05, 4.69) is 55.4 Å². The van der Waals surface area contributed by atoms with Crippen molar-refractivity contribution in [2.75, 3.05) is 63.9 Å². The Labute approximate surface area is 390 Å². The highest BCUT2D eigenvalue weighted by Gasteiger charge is 2.33. The minimum atomic E-state index is -4.62. The monoisotopic (exact) mass is 937 g/mol. The first kappa shape index (κ1) is 45.6. The average Bonchev–Trinajstić information content (AvgIpc) is 3.79. The molecule has 2 aliphatic heterocycles. The first-order valence-electron chi connectivity index (χ1n) is 22.8. The first-order chi connectivity index (χ1) is 31.8. The molecule has 0 unspecified atom stereocenters. The number of H-pyrrole nitrogens is 1. The minimum Gasteiger partial charge on any atom is -0.484 e. The lowest BCUT2D eigenvalue weighted by atomic mass is 9.72. The molecule has 348 valence electrons. The molecule has 66 heavy (non-hydrogen) atoms. The Morgan fingerprint density at radius 2 is 1.74 bits per heavy atom. The van der Waals surface area contributed by atoms with Gasteiger partial charge in [0, 0.05) is 74.5 Å². The summed E-state index contributed by atoms with van der Waals surface area (Å²) in [4.78, 5) is 40.0. The van der Waals surface area contributed by atoms with E-state index in [1.54, 1.807) is 24.5 Å². The molecule has 4 heterocycles. The number of fused-ring (bicyclic) bond motifs is 1. The number of hydrogen-bond donors (Lipinski definition) is 2. The maximum atomic E-state index is 14.2. The molecule has 17 heteroatoms. The van der Waals surface area contributed by atoms with E-state index < -0.39 is 31.4 Å². The largest absolute Gasteiger partial charge is 0.484 e. The zero-order valence-corrected chi connectivity index (χ0v) is 38.9. The number of pyridine rings is 1. The zero-order valence-electron chi connectivity index (χ0n) is 37.3. The van der Waals surface area contributed by atoms with Crippen molar-refractivity contribution in [2.45, 2.75) is 75.8 Å². The Morgan fingerprint density at radius 1 is 0.985 bits per heavy atom. The van der Waals surface area contributed by atoms with Gasteiger partial charge in [-0.3, -0.25) is 24.7 Å². The van der Waals surface area contributed by atoms with Gasteiger partial charge in [0.05, 0.1) is 46.6 Å². The number of para-hydroxylation sites is 1. The number of allylic oxidation sites excluding steroid dienone is 1. The van der Waals surface area contributed by atoms with Gasteiger partial charge in [-0.1, -0.05) is 49.2 Å². The smallest absolute Gasteiger partial charge is 0.312 e. The number of sulfonamides is 1. The number of hydrogen-bond acceptors (Lipinski definition) is 12. The summed E-state index contributed by atoms with van der Waals surface area (Å²) in [5.74, 6) is -0.454. The molecule has 2 aromatic heterocycles. The predicted molar refractivity (Wildman–Crippen MR) is 254 cm³/mol. The number of anilines is 1. The summed E-state index contributed by atoms with van der Waals surface area (Å²) >= 11 is 6.26. The van der Waals surface area contributed by atoms with E-state index in [1.165, 1.54) is 34.9 Å². The number of aromatic nitrogens is 2. The third kappa shape index (κ3) is 10.4. The van der Waals surface area contributed by atoms with Crippen molar-refractivity contribution in [3.63, 3.8) is 0 Å². The molecule has 3 aromatic carbocycles. The molecule has 0 radical (unpaired) electrons. The normalized spacial score (nSPS) is 20.9. The molecular formula is C49H56ClN7O8S. The molecule has 2 saturated heterocycles. The summed E-state index contributed by atoms with van der Waals surface area (Å²) in [6.45, 7) is 11.4. The van der Waals surface area contributed by atoms with Gasteiger partial charge in [-0.25, -0.2) is 18.1 Å². The number of morpholine rings is 1. The fourth-order valence-corrected chi connectivity index (χ4v) is 10.9. The highest BCUT2D eigenvalue weighted by Crippen LogP contribution is 2.44. The second-order valence-electron chi connectivity index (χ2n) is 18.6. The van der Waals surface area contributed by atoms with Crippen LogP contribution in [0.25, 0.3) is 16.6 Å². The molecule has 4 aliphatic rings. The van der Waals surface area contributed by atoms with Crippen molar-refractivity contribution in [1.82, 2.24) is 24.5 Å². The number of nitrogens with one attached hydrogen (secondary N) is 2. The highest BCUT2D eigenvalue weighted by molar-refractivity contribution is 7.90. The van der Waals surface area contributed by atoms with Crippen LogP contribution in [0.1, 0.15) is 74.7 Å². The second kappa shape index (κ2) is 19.4. The fraction of sp³-hybridized carbons (Fsp3) is 0.429. The average molecular weight is 939 g/mol. The molecule has 0 atom stereocenters. The lowest BCUT2D eigenvalue weighted by molar-refractivity contribution is -0.386. The lowest BCUT2D eigenvalue weighted by Gasteiger charge is -2.39. The number of nitro groups is 1. The van der Waals surface area contributed by atoms with Crippen LogP contribution in [0.2, 0.25) is 5.02 Å². The van der Waals surface area contributed by atoms with E-state index in [0.717, 1.165) is 81.3 Å².